The number of nitrogens with two attached hydrogens (primary N) is 3. The lowest BCUT2D eigenvalue weighted by atomic mass is 9.65. The maximum atomic E-state index is 6.37. The second-order valence-electron chi connectivity index (χ2n) is 5.78. The summed E-state index contributed by atoms with van der Waals surface area (Å²) >= 11 is 0. The zero-order valence-corrected chi connectivity index (χ0v) is 12.9. The predicted octanol–water partition coefficient (Wildman–Crippen LogP) is 2.55. The van der Waals surface area contributed by atoms with Crippen LogP contribution in [0.5, 0.6) is 0 Å². The smallest absolute Gasteiger partial charge is 0.134 e. The molecule has 0 aliphatic carbocycles. The van der Waals surface area contributed by atoms with E-state index in [0.29, 0.717) is 0 Å². The maximum absolute atomic E-state index is 6.37. The zero-order valence-electron chi connectivity index (χ0n) is 12.9. The lowest BCUT2D eigenvalue weighted by Gasteiger charge is -2.45. The third-order valence-electron chi connectivity index (χ3n) is 4.27. The molecule has 116 valence electrons. The normalized spacial score (nSPS) is 12.1. The Morgan fingerprint density at radius 3 is 0.913 bits per heavy atom. The predicted molar refractivity (Wildman–Crippen MR) is 94.5 cm³/mol. The van der Waals surface area contributed by atoms with Crippen LogP contribution in [-0.2, 0) is 5.41 Å². The lowest BCUT2D eigenvalue weighted by Crippen LogP contribution is -2.72. The average Bonchev–Trinajstić information content (AvgIpc) is 2.57. The molecular formula is C20H21N3. The summed E-state index contributed by atoms with van der Waals surface area (Å²) < 4.78 is 0. The summed E-state index contributed by atoms with van der Waals surface area (Å²) in [5, 5.41) is 0. The summed E-state index contributed by atoms with van der Waals surface area (Å²) in [5.41, 5.74) is 21.1. The molecule has 0 spiro atoms. The van der Waals surface area contributed by atoms with Crippen molar-refractivity contribution < 1.29 is 0 Å². The van der Waals surface area contributed by atoms with Gasteiger partial charge in [0.25, 0.3) is 0 Å². The fraction of sp³-hybridized carbons (Fsp3) is 0.100. The van der Waals surface area contributed by atoms with E-state index in [9.17, 15) is 0 Å². The Hall–Kier alpha value is -2.46. The summed E-state index contributed by atoms with van der Waals surface area (Å²) in [6, 6.07) is 29.8. The zero-order chi connectivity index (χ0) is 16.3. The molecule has 0 heterocycles. The van der Waals surface area contributed by atoms with Crippen LogP contribution in [-0.4, -0.2) is 5.79 Å². The van der Waals surface area contributed by atoms with Crippen LogP contribution in [0.2, 0.25) is 0 Å². The minimum Gasteiger partial charge on any atom is -0.300 e. The van der Waals surface area contributed by atoms with Gasteiger partial charge in [0.05, 0.1) is 5.41 Å². The molecule has 0 fully saturated rings. The number of benzene rings is 3. The summed E-state index contributed by atoms with van der Waals surface area (Å²) in [6.45, 7) is 0. The van der Waals surface area contributed by atoms with E-state index in [-0.39, 0.29) is 0 Å². The third kappa shape index (κ3) is 2.55. The fourth-order valence-corrected chi connectivity index (χ4v) is 3.31. The van der Waals surface area contributed by atoms with E-state index in [4.69, 9.17) is 17.2 Å². The highest BCUT2D eigenvalue weighted by Gasteiger charge is 2.48. The molecule has 3 rings (SSSR count). The van der Waals surface area contributed by atoms with Crippen molar-refractivity contribution in [1.29, 1.82) is 0 Å². The van der Waals surface area contributed by atoms with Gasteiger partial charge < -0.3 is 0 Å². The Labute approximate surface area is 136 Å². The molecule has 3 heteroatoms. The molecule has 0 bridgehead atoms. The summed E-state index contributed by atoms with van der Waals surface area (Å²) in [4.78, 5) is 0. The van der Waals surface area contributed by atoms with Crippen LogP contribution in [0.25, 0.3) is 0 Å². The first kappa shape index (κ1) is 15.4. The molecule has 3 aromatic rings. The highest BCUT2D eigenvalue weighted by atomic mass is 15.1. The van der Waals surface area contributed by atoms with E-state index in [2.05, 4.69) is 0 Å². The second-order valence-corrected chi connectivity index (χ2v) is 5.78. The number of rotatable bonds is 4. The Morgan fingerprint density at radius 1 is 0.435 bits per heavy atom. The third-order valence-corrected chi connectivity index (χ3v) is 4.27. The molecule has 3 aromatic carbocycles. The molecule has 0 saturated heterocycles. The van der Waals surface area contributed by atoms with Gasteiger partial charge in [0, 0.05) is 0 Å². The van der Waals surface area contributed by atoms with Crippen LogP contribution < -0.4 is 17.2 Å². The molecular weight excluding hydrogens is 282 g/mol. The van der Waals surface area contributed by atoms with Crippen LogP contribution in [0.1, 0.15) is 16.7 Å². The molecule has 6 N–H and O–H groups in total. The van der Waals surface area contributed by atoms with E-state index in [1.807, 2.05) is 91.0 Å². The number of hydrogen-bond acceptors (Lipinski definition) is 3. The molecule has 0 aliphatic heterocycles. The summed E-state index contributed by atoms with van der Waals surface area (Å²) in [5.74, 6) is -1.48. The van der Waals surface area contributed by atoms with Crippen molar-refractivity contribution in [3.05, 3.63) is 108 Å². The first-order valence-corrected chi connectivity index (χ1v) is 7.60. The second kappa shape index (κ2) is 5.97. The Bertz CT molecular complexity index is 650. The molecule has 0 unspecified atom stereocenters. The molecule has 23 heavy (non-hydrogen) atoms. The summed E-state index contributed by atoms with van der Waals surface area (Å²) in [6.07, 6.45) is 0. The van der Waals surface area contributed by atoms with Crippen LogP contribution in [0.4, 0.5) is 0 Å². The molecule has 0 aromatic heterocycles. The van der Waals surface area contributed by atoms with Crippen molar-refractivity contribution in [1.82, 2.24) is 0 Å². The van der Waals surface area contributed by atoms with Crippen LogP contribution in [0.15, 0.2) is 91.0 Å². The van der Waals surface area contributed by atoms with Gasteiger partial charge in [0.2, 0.25) is 0 Å². The van der Waals surface area contributed by atoms with Crippen molar-refractivity contribution in [2.75, 3.05) is 0 Å². The van der Waals surface area contributed by atoms with E-state index in [1.54, 1.807) is 0 Å². The quantitative estimate of drug-likeness (QED) is 0.512. The van der Waals surface area contributed by atoms with Gasteiger partial charge in [-0.3, -0.25) is 17.2 Å². The Kier molecular flexibility index (Phi) is 4.01. The lowest BCUT2D eigenvalue weighted by molar-refractivity contribution is 0.320. The number of hydrogen-bond donors (Lipinski definition) is 3. The summed E-state index contributed by atoms with van der Waals surface area (Å²) in [7, 11) is 0. The van der Waals surface area contributed by atoms with Crippen molar-refractivity contribution in [2.24, 2.45) is 17.2 Å². The van der Waals surface area contributed by atoms with Gasteiger partial charge in [-0.1, -0.05) is 91.0 Å². The molecule has 3 nitrogen and oxygen atoms in total. The van der Waals surface area contributed by atoms with E-state index in [0.717, 1.165) is 16.7 Å². The first-order valence-electron chi connectivity index (χ1n) is 7.60. The van der Waals surface area contributed by atoms with E-state index < -0.39 is 11.2 Å². The molecule has 0 atom stereocenters. The molecule has 0 radical (unpaired) electrons. The van der Waals surface area contributed by atoms with Crippen LogP contribution in [0.3, 0.4) is 0 Å². The maximum Gasteiger partial charge on any atom is 0.134 e. The minimum atomic E-state index is -1.48. The standard InChI is InChI=1S/C20H21N3/c21-20(22,23)19(16-10-4-1-5-11-16,17-12-6-2-7-13-17)18-14-8-3-9-15-18/h1-15H,21-23H2. The molecule has 0 amide bonds. The van der Waals surface area contributed by atoms with Gasteiger partial charge in [-0.2, -0.15) is 0 Å². The van der Waals surface area contributed by atoms with Gasteiger partial charge in [-0.05, 0) is 16.7 Å². The first-order chi connectivity index (χ1) is 11.1. The highest BCUT2D eigenvalue weighted by Crippen LogP contribution is 2.42. The topological polar surface area (TPSA) is 78.1 Å². The van der Waals surface area contributed by atoms with Crippen LogP contribution >= 0.6 is 0 Å². The van der Waals surface area contributed by atoms with Crippen molar-refractivity contribution >= 4 is 0 Å². The molecule has 0 aliphatic rings. The van der Waals surface area contributed by atoms with Gasteiger partial charge >= 0.3 is 0 Å². The average molecular weight is 303 g/mol. The Balaban J connectivity index is 2.41. The fourth-order valence-electron chi connectivity index (χ4n) is 3.31. The SMILES string of the molecule is NC(N)(N)C(c1ccccc1)(c1ccccc1)c1ccccc1. The Morgan fingerprint density at radius 2 is 0.696 bits per heavy atom. The van der Waals surface area contributed by atoms with E-state index >= 15 is 0 Å². The monoisotopic (exact) mass is 303 g/mol. The van der Waals surface area contributed by atoms with Crippen molar-refractivity contribution in [3.8, 4) is 0 Å². The van der Waals surface area contributed by atoms with Crippen molar-refractivity contribution in [2.45, 2.75) is 11.2 Å². The van der Waals surface area contributed by atoms with E-state index in [1.165, 1.54) is 0 Å². The van der Waals surface area contributed by atoms with Gasteiger partial charge in [-0.15, -0.1) is 0 Å². The van der Waals surface area contributed by atoms with Gasteiger partial charge in [0.15, 0.2) is 0 Å². The minimum absolute atomic E-state index is 0.850. The van der Waals surface area contributed by atoms with Gasteiger partial charge in [-0.25, -0.2) is 0 Å². The van der Waals surface area contributed by atoms with Crippen molar-refractivity contribution in [3.63, 3.8) is 0 Å². The van der Waals surface area contributed by atoms with Gasteiger partial charge in [0.1, 0.15) is 5.79 Å². The highest BCUT2D eigenvalue weighted by molar-refractivity contribution is 5.53. The largest absolute Gasteiger partial charge is 0.300 e. The van der Waals surface area contributed by atoms with Crippen LogP contribution in [0, 0.1) is 0 Å². The molecule has 0 saturated carbocycles.